The van der Waals surface area contributed by atoms with E-state index in [4.69, 9.17) is 0 Å². The van der Waals surface area contributed by atoms with Crippen LogP contribution in [0, 0.1) is 16.7 Å². The number of rotatable bonds is 1. The number of aliphatic hydroxyl groups is 1. The van der Waals surface area contributed by atoms with Crippen molar-refractivity contribution in [2.24, 2.45) is 16.7 Å². The lowest BCUT2D eigenvalue weighted by molar-refractivity contribution is 0.0474. The molecule has 1 nitrogen and oxygen atoms in total. The zero-order valence-corrected chi connectivity index (χ0v) is 9.64. The molecular weight excluding hydrogens is 172 g/mol. The third-order valence-electron chi connectivity index (χ3n) is 4.48. The zero-order valence-electron chi connectivity index (χ0n) is 9.64. The van der Waals surface area contributed by atoms with Gasteiger partial charge in [-0.1, -0.05) is 33.3 Å². The molecule has 2 aliphatic rings. The van der Waals surface area contributed by atoms with E-state index < -0.39 is 0 Å². The average molecular weight is 194 g/mol. The fourth-order valence-electron chi connectivity index (χ4n) is 3.75. The molecule has 0 aromatic rings. The second-order valence-corrected chi connectivity index (χ2v) is 6.07. The standard InChI is InChI=1S/C13H22O/c1-12(2)5-4-6-13(3)8-10(9-14)7-11(12)13/h8,11,14H,4-7,9H2,1-3H3. The first-order valence-corrected chi connectivity index (χ1v) is 5.79. The Balaban J connectivity index is 2.27. The highest BCUT2D eigenvalue weighted by Gasteiger charge is 2.48. The van der Waals surface area contributed by atoms with Gasteiger partial charge in [-0.3, -0.25) is 0 Å². The molecule has 0 bridgehead atoms. The molecule has 1 heteroatoms. The summed E-state index contributed by atoms with van der Waals surface area (Å²) in [4.78, 5) is 0. The summed E-state index contributed by atoms with van der Waals surface area (Å²) in [5.41, 5.74) is 2.10. The lowest BCUT2D eigenvalue weighted by Gasteiger charge is -2.47. The van der Waals surface area contributed by atoms with Gasteiger partial charge < -0.3 is 5.11 Å². The van der Waals surface area contributed by atoms with Crippen molar-refractivity contribution >= 4 is 0 Å². The fourth-order valence-corrected chi connectivity index (χ4v) is 3.75. The van der Waals surface area contributed by atoms with E-state index in [1.807, 2.05) is 0 Å². The van der Waals surface area contributed by atoms with E-state index in [9.17, 15) is 5.11 Å². The van der Waals surface area contributed by atoms with Crippen LogP contribution in [0.1, 0.15) is 46.5 Å². The van der Waals surface area contributed by atoms with E-state index in [1.165, 1.54) is 24.8 Å². The molecule has 0 heterocycles. The molecule has 1 N–H and O–H groups in total. The minimum absolute atomic E-state index is 0.266. The highest BCUT2D eigenvalue weighted by atomic mass is 16.3. The van der Waals surface area contributed by atoms with Crippen LogP contribution < -0.4 is 0 Å². The molecule has 2 unspecified atom stereocenters. The van der Waals surface area contributed by atoms with Crippen LogP contribution in [0.25, 0.3) is 0 Å². The summed E-state index contributed by atoms with van der Waals surface area (Å²) in [6, 6.07) is 0. The van der Waals surface area contributed by atoms with Crippen molar-refractivity contribution in [3.05, 3.63) is 11.6 Å². The predicted molar refractivity (Wildman–Crippen MR) is 59.0 cm³/mol. The van der Waals surface area contributed by atoms with Crippen molar-refractivity contribution in [1.29, 1.82) is 0 Å². The summed E-state index contributed by atoms with van der Waals surface area (Å²) in [6.07, 6.45) is 7.48. The third-order valence-corrected chi connectivity index (χ3v) is 4.48. The first kappa shape index (κ1) is 10.2. The van der Waals surface area contributed by atoms with Gasteiger partial charge in [-0.25, -0.2) is 0 Å². The Morgan fingerprint density at radius 2 is 2.07 bits per heavy atom. The summed E-state index contributed by atoms with van der Waals surface area (Å²) in [5.74, 6) is 0.755. The Kier molecular flexibility index (Phi) is 2.26. The molecular formula is C13H22O. The monoisotopic (exact) mass is 194 g/mol. The molecule has 14 heavy (non-hydrogen) atoms. The Hall–Kier alpha value is -0.300. The fraction of sp³-hybridized carbons (Fsp3) is 0.846. The summed E-state index contributed by atoms with van der Waals surface area (Å²) in [7, 11) is 0. The molecule has 2 rings (SSSR count). The van der Waals surface area contributed by atoms with E-state index in [0.717, 1.165) is 12.3 Å². The number of hydrogen-bond donors (Lipinski definition) is 1. The first-order chi connectivity index (χ1) is 6.48. The molecule has 1 fully saturated rings. The molecule has 0 spiro atoms. The van der Waals surface area contributed by atoms with Gasteiger partial charge in [-0.15, -0.1) is 0 Å². The van der Waals surface area contributed by atoms with Crippen molar-refractivity contribution in [3.8, 4) is 0 Å². The molecule has 0 aromatic heterocycles. The molecule has 80 valence electrons. The maximum atomic E-state index is 9.23. The smallest absolute Gasteiger partial charge is 0.0642 e. The van der Waals surface area contributed by atoms with Crippen LogP contribution in [-0.2, 0) is 0 Å². The van der Waals surface area contributed by atoms with Gasteiger partial charge in [0.2, 0.25) is 0 Å². The van der Waals surface area contributed by atoms with Gasteiger partial charge in [-0.2, -0.15) is 0 Å². The van der Waals surface area contributed by atoms with E-state index in [2.05, 4.69) is 26.8 Å². The van der Waals surface area contributed by atoms with E-state index >= 15 is 0 Å². The quantitative estimate of drug-likeness (QED) is 0.636. The van der Waals surface area contributed by atoms with Crippen LogP contribution in [0.5, 0.6) is 0 Å². The SMILES string of the molecule is CC1(C)CCCC2(C)C=C(CO)CC12. The summed E-state index contributed by atoms with van der Waals surface area (Å²) in [5, 5.41) is 9.23. The van der Waals surface area contributed by atoms with Crippen LogP contribution in [0.15, 0.2) is 11.6 Å². The molecule has 1 saturated carbocycles. The molecule has 0 aromatic carbocycles. The molecule has 2 atom stereocenters. The second-order valence-electron chi connectivity index (χ2n) is 6.07. The van der Waals surface area contributed by atoms with Gasteiger partial charge in [0.25, 0.3) is 0 Å². The lowest BCUT2D eigenvalue weighted by atomic mass is 9.58. The summed E-state index contributed by atoms with van der Waals surface area (Å²) < 4.78 is 0. The van der Waals surface area contributed by atoms with Crippen molar-refractivity contribution in [3.63, 3.8) is 0 Å². The van der Waals surface area contributed by atoms with E-state index in [-0.39, 0.29) is 6.61 Å². The number of aliphatic hydroxyl groups excluding tert-OH is 1. The molecule has 2 aliphatic carbocycles. The van der Waals surface area contributed by atoms with Gasteiger partial charge in [-0.05, 0) is 41.6 Å². The predicted octanol–water partition coefficient (Wildman–Crippen LogP) is 3.14. The van der Waals surface area contributed by atoms with Crippen molar-refractivity contribution < 1.29 is 5.11 Å². The maximum absolute atomic E-state index is 9.23. The van der Waals surface area contributed by atoms with Crippen LogP contribution in [0.3, 0.4) is 0 Å². The van der Waals surface area contributed by atoms with Crippen LogP contribution in [0.2, 0.25) is 0 Å². The molecule has 0 saturated heterocycles. The van der Waals surface area contributed by atoms with Crippen molar-refractivity contribution in [2.75, 3.05) is 6.61 Å². The summed E-state index contributed by atoms with van der Waals surface area (Å²) in [6.45, 7) is 7.43. The minimum atomic E-state index is 0.266. The number of hydrogen-bond acceptors (Lipinski definition) is 1. The molecule has 0 radical (unpaired) electrons. The van der Waals surface area contributed by atoms with Crippen LogP contribution in [-0.4, -0.2) is 11.7 Å². The highest BCUT2D eigenvalue weighted by Crippen LogP contribution is 2.57. The lowest BCUT2D eigenvalue weighted by Crippen LogP contribution is -2.38. The molecule has 0 amide bonds. The normalized spacial score (nSPS) is 40.6. The topological polar surface area (TPSA) is 20.2 Å². The summed E-state index contributed by atoms with van der Waals surface area (Å²) >= 11 is 0. The van der Waals surface area contributed by atoms with Gasteiger partial charge in [0.05, 0.1) is 6.61 Å². The number of fused-ring (bicyclic) bond motifs is 1. The van der Waals surface area contributed by atoms with E-state index in [0.29, 0.717) is 10.8 Å². The van der Waals surface area contributed by atoms with E-state index in [1.54, 1.807) is 0 Å². The third kappa shape index (κ3) is 1.42. The van der Waals surface area contributed by atoms with Crippen molar-refractivity contribution in [1.82, 2.24) is 0 Å². The number of allylic oxidation sites excluding steroid dienone is 1. The van der Waals surface area contributed by atoms with Gasteiger partial charge >= 0.3 is 0 Å². The maximum Gasteiger partial charge on any atom is 0.0642 e. The Morgan fingerprint density at radius 3 is 2.64 bits per heavy atom. The molecule has 0 aliphatic heterocycles. The van der Waals surface area contributed by atoms with Crippen LogP contribution in [0.4, 0.5) is 0 Å². The Labute approximate surface area is 87.2 Å². The minimum Gasteiger partial charge on any atom is -0.392 e. The highest BCUT2D eigenvalue weighted by molar-refractivity contribution is 5.22. The van der Waals surface area contributed by atoms with Gasteiger partial charge in [0.1, 0.15) is 0 Å². The largest absolute Gasteiger partial charge is 0.392 e. The zero-order chi connectivity index (χ0) is 10.4. The van der Waals surface area contributed by atoms with Gasteiger partial charge in [0.15, 0.2) is 0 Å². The Morgan fingerprint density at radius 1 is 1.36 bits per heavy atom. The first-order valence-electron chi connectivity index (χ1n) is 5.79. The van der Waals surface area contributed by atoms with Crippen LogP contribution >= 0.6 is 0 Å². The van der Waals surface area contributed by atoms with Gasteiger partial charge in [0, 0.05) is 0 Å². The Bertz CT molecular complexity index is 264. The second kappa shape index (κ2) is 3.10. The average Bonchev–Trinajstić information content (AvgIpc) is 2.43. The van der Waals surface area contributed by atoms with Crippen molar-refractivity contribution in [2.45, 2.75) is 46.5 Å².